The van der Waals surface area contributed by atoms with E-state index in [2.05, 4.69) is 17.1 Å². The summed E-state index contributed by atoms with van der Waals surface area (Å²) in [5, 5.41) is 12.1. The van der Waals surface area contributed by atoms with Gasteiger partial charge in [0.1, 0.15) is 6.23 Å². The second-order valence-corrected chi connectivity index (χ2v) is 2.62. The molecule has 1 aliphatic rings. The van der Waals surface area contributed by atoms with Gasteiger partial charge in [-0.15, -0.1) is 0 Å². The van der Waals surface area contributed by atoms with Crippen LogP contribution in [0.5, 0.6) is 0 Å². The molecule has 3 nitrogen and oxygen atoms in total. The number of rotatable bonds is 2. The minimum Gasteiger partial charge on any atom is -0.377 e. The number of aliphatic hydroxyl groups is 1. The maximum Gasteiger partial charge on any atom is 0.117 e. The van der Waals surface area contributed by atoms with E-state index in [9.17, 15) is 0 Å². The first-order valence-corrected chi connectivity index (χ1v) is 3.76. The maximum absolute atomic E-state index is 9.13. The summed E-state index contributed by atoms with van der Waals surface area (Å²) in [6, 6.07) is 0. The molecule has 1 rings (SSSR count). The number of aliphatic hydroxyl groups excluding tert-OH is 1. The molecule has 0 spiro atoms. The largest absolute Gasteiger partial charge is 0.377 e. The molecule has 59 valence electrons. The van der Waals surface area contributed by atoms with Crippen molar-refractivity contribution in [2.24, 2.45) is 0 Å². The van der Waals surface area contributed by atoms with Crippen molar-refractivity contribution in [1.29, 1.82) is 0 Å². The highest BCUT2D eigenvalue weighted by Crippen LogP contribution is 1.96. The van der Waals surface area contributed by atoms with Gasteiger partial charge in [0.2, 0.25) is 0 Å². The predicted octanol–water partition coefficient (Wildman–Crippen LogP) is -0.566. The van der Waals surface area contributed by atoms with Crippen LogP contribution in [0.3, 0.4) is 0 Å². The zero-order valence-electron chi connectivity index (χ0n) is 6.21. The van der Waals surface area contributed by atoms with Gasteiger partial charge in [0.15, 0.2) is 0 Å². The molecule has 1 unspecified atom stereocenters. The van der Waals surface area contributed by atoms with Crippen LogP contribution in [0.4, 0.5) is 0 Å². The van der Waals surface area contributed by atoms with Gasteiger partial charge < -0.3 is 5.11 Å². The van der Waals surface area contributed by atoms with E-state index in [1.54, 1.807) is 0 Å². The molecule has 0 bridgehead atoms. The van der Waals surface area contributed by atoms with Crippen LogP contribution < -0.4 is 5.32 Å². The molecule has 0 aromatic rings. The highest BCUT2D eigenvalue weighted by Gasteiger charge is 2.14. The lowest BCUT2D eigenvalue weighted by atomic mass is 10.3. The van der Waals surface area contributed by atoms with E-state index in [-0.39, 0.29) is 6.23 Å². The van der Waals surface area contributed by atoms with Gasteiger partial charge in [0.25, 0.3) is 0 Å². The highest BCUT2D eigenvalue weighted by atomic mass is 16.3. The molecular weight excluding hydrogens is 128 g/mol. The first-order chi connectivity index (χ1) is 4.83. The summed E-state index contributed by atoms with van der Waals surface area (Å²) in [6.07, 6.45) is 0.590. The Morgan fingerprint density at radius 3 is 3.10 bits per heavy atom. The molecule has 0 saturated carbocycles. The zero-order valence-corrected chi connectivity index (χ0v) is 6.21. The summed E-state index contributed by atoms with van der Waals surface area (Å²) in [4.78, 5) is 2.22. The van der Waals surface area contributed by atoms with E-state index in [4.69, 9.17) is 5.11 Å². The van der Waals surface area contributed by atoms with Crippen LogP contribution in [0.15, 0.2) is 0 Å². The normalized spacial score (nSPS) is 28.8. The Balaban J connectivity index is 2.18. The monoisotopic (exact) mass is 143 g/mol. The lowest BCUT2D eigenvalue weighted by Gasteiger charge is -2.30. The van der Waals surface area contributed by atoms with Crippen molar-refractivity contribution in [3.05, 3.63) is 6.92 Å². The van der Waals surface area contributed by atoms with E-state index >= 15 is 0 Å². The van der Waals surface area contributed by atoms with Crippen LogP contribution in [0.1, 0.15) is 6.42 Å². The average Bonchev–Trinajstić information content (AvgIpc) is 1.88. The van der Waals surface area contributed by atoms with Crippen LogP contribution in [0, 0.1) is 6.92 Å². The Hall–Kier alpha value is -0.120. The van der Waals surface area contributed by atoms with Crippen LogP contribution in [-0.4, -0.2) is 42.4 Å². The Kier molecular flexibility index (Phi) is 3.12. The molecule has 10 heavy (non-hydrogen) atoms. The Labute approximate surface area is 62.0 Å². The lowest BCUT2D eigenvalue weighted by molar-refractivity contribution is 0.0554. The molecule has 0 aromatic heterocycles. The second-order valence-electron chi connectivity index (χ2n) is 2.62. The maximum atomic E-state index is 9.13. The van der Waals surface area contributed by atoms with Gasteiger partial charge >= 0.3 is 0 Å². The lowest BCUT2D eigenvalue weighted by Crippen LogP contribution is -2.50. The third kappa shape index (κ3) is 2.25. The fourth-order valence-corrected chi connectivity index (χ4v) is 1.22. The second kappa shape index (κ2) is 3.91. The molecular formula is C7H15N2O. The smallest absolute Gasteiger partial charge is 0.117 e. The zero-order chi connectivity index (χ0) is 7.40. The molecule has 1 fully saturated rings. The third-order valence-corrected chi connectivity index (χ3v) is 1.71. The van der Waals surface area contributed by atoms with E-state index < -0.39 is 0 Å². The van der Waals surface area contributed by atoms with Gasteiger partial charge in [-0.1, -0.05) is 6.92 Å². The molecule has 1 saturated heterocycles. The van der Waals surface area contributed by atoms with Crippen LogP contribution >= 0.6 is 0 Å². The van der Waals surface area contributed by atoms with E-state index in [0.717, 1.165) is 32.6 Å². The molecule has 0 amide bonds. The fourth-order valence-electron chi connectivity index (χ4n) is 1.22. The molecule has 1 aliphatic heterocycles. The summed E-state index contributed by atoms with van der Waals surface area (Å²) >= 11 is 0. The summed E-state index contributed by atoms with van der Waals surface area (Å²) in [6.45, 7) is 7.43. The van der Waals surface area contributed by atoms with Gasteiger partial charge in [0, 0.05) is 19.6 Å². The topological polar surface area (TPSA) is 35.5 Å². The van der Waals surface area contributed by atoms with E-state index in [1.165, 1.54) is 0 Å². The quantitative estimate of drug-likeness (QED) is 0.543. The minimum atomic E-state index is -0.333. The molecule has 0 aromatic carbocycles. The summed E-state index contributed by atoms with van der Waals surface area (Å²) < 4.78 is 0. The van der Waals surface area contributed by atoms with Gasteiger partial charge in [-0.05, 0) is 13.0 Å². The van der Waals surface area contributed by atoms with Gasteiger partial charge in [-0.2, -0.15) is 0 Å². The van der Waals surface area contributed by atoms with Crippen molar-refractivity contribution < 1.29 is 5.11 Å². The van der Waals surface area contributed by atoms with Crippen LogP contribution in [0.2, 0.25) is 0 Å². The van der Waals surface area contributed by atoms with Crippen molar-refractivity contribution in [3.8, 4) is 0 Å². The van der Waals surface area contributed by atoms with Crippen LogP contribution in [0.25, 0.3) is 0 Å². The van der Waals surface area contributed by atoms with Gasteiger partial charge in [-0.3, -0.25) is 10.2 Å². The van der Waals surface area contributed by atoms with Gasteiger partial charge in [0.05, 0.1) is 0 Å². The molecule has 1 heterocycles. The number of β-amino-alcohol motifs (C(OH)–C–C–N with tert-alkyl or cyclic N) is 1. The van der Waals surface area contributed by atoms with Crippen molar-refractivity contribution >= 4 is 0 Å². The average molecular weight is 143 g/mol. The van der Waals surface area contributed by atoms with Crippen molar-refractivity contribution in [3.63, 3.8) is 0 Å². The SMILES string of the molecule is [CH2]CCN1CCNC(O)C1. The van der Waals surface area contributed by atoms with Crippen LogP contribution in [-0.2, 0) is 0 Å². The first kappa shape index (κ1) is 7.98. The molecule has 2 N–H and O–H groups in total. The first-order valence-electron chi connectivity index (χ1n) is 3.76. The van der Waals surface area contributed by atoms with E-state index in [0.29, 0.717) is 0 Å². The number of hydrogen-bond acceptors (Lipinski definition) is 3. The summed E-state index contributed by atoms with van der Waals surface area (Å²) in [5.74, 6) is 0. The molecule has 1 radical (unpaired) electrons. The van der Waals surface area contributed by atoms with Crippen molar-refractivity contribution in [2.45, 2.75) is 12.6 Å². The minimum absolute atomic E-state index is 0.333. The standard InChI is InChI=1S/C7H15N2O/c1-2-4-9-5-3-8-7(10)6-9/h7-8,10H,1-6H2. The van der Waals surface area contributed by atoms with E-state index in [1.807, 2.05) is 0 Å². The molecule has 0 aliphatic carbocycles. The Bertz CT molecular complexity index is 95.6. The number of nitrogens with one attached hydrogen (secondary N) is 1. The summed E-state index contributed by atoms with van der Waals surface area (Å²) in [7, 11) is 0. The Morgan fingerprint density at radius 1 is 1.70 bits per heavy atom. The number of nitrogens with zero attached hydrogens (tertiary/aromatic N) is 1. The molecule has 1 atom stereocenters. The summed E-state index contributed by atoms with van der Waals surface area (Å²) in [5.41, 5.74) is 0. The predicted molar refractivity (Wildman–Crippen MR) is 40.4 cm³/mol. The molecule has 3 heteroatoms. The third-order valence-electron chi connectivity index (χ3n) is 1.71. The van der Waals surface area contributed by atoms with Crippen molar-refractivity contribution in [1.82, 2.24) is 10.2 Å². The Morgan fingerprint density at radius 2 is 2.50 bits per heavy atom. The van der Waals surface area contributed by atoms with Gasteiger partial charge in [-0.25, -0.2) is 0 Å². The number of hydrogen-bond donors (Lipinski definition) is 2. The number of piperazine rings is 1. The fraction of sp³-hybridized carbons (Fsp3) is 0.857. The van der Waals surface area contributed by atoms with Crippen molar-refractivity contribution in [2.75, 3.05) is 26.2 Å². The highest BCUT2D eigenvalue weighted by molar-refractivity contribution is 4.70.